The first kappa shape index (κ1) is 19.6. The van der Waals surface area contributed by atoms with E-state index in [1.54, 1.807) is 7.11 Å². The molecule has 0 bridgehead atoms. The Labute approximate surface area is 147 Å². The van der Waals surface area contributed by atoms with Crippen LogP contribution in [0.2, 0.25) is 0 Å². The molecule has 0 aromatic heterocycles. The van der Waals surface area contributed by atoms with Crippen molar-refractivity contribution in [1.29, 1.82) is 0 Å². The maximum atomic E-state index is 12.8. The first-order chi connectivity index (χ1) is 11.7. The Kier molecular flexibility index (Phi) is 9.00. The quantitative estimate of drug-likeness (QED) is 0.563. The Morgan fingerprint density at radius 1 is 1.12 bits per heavy atom. The van der Waals surface area contributed by atoms with E-state index in [0.29, 0.717) is 0 Å². The summed E-state index contributed by atoms with van der Waals surface area (Å²) in [5.74, 6) is 0.183. The average Bonchev–Trinajstić information content (AvgIpc) is 2.61. The van der Waals surface area contributed by atoms with Gasteiger partial charge in [0.1, 0.15) is 6.10 Å². The molecular formula is C20H35NO3. The molecule has 138 valence electrons. The molecule has 2 unspecified atom stereocenters. The molecule has 2 heterocycles. The predicted octanol–water partition coefficient (Wildman–Crippen LogP) is 4.09. The summed E-state index contributed by atoms with van der Waals surface area (Å²) in [6.07, 6.45) is 13.2. The lowest BCUT2D eigenvalue weighted by molar-refractivity contribution is -0.158. The van der Waals surface area contributed by atoms with E-state index in [1.165, 1.54) is 51.4 Å². The molecule has 0 saturated carbocycles. The summed E-state index contributed by atoms with van der Waals surface area (Å²) in [5.41, 5.74) is 0.894. The summed E-state index contributed by atoms with van der Waals surface area (Å²) in [6, 6.07) is 0. The molecule has 2 atom stereocenters. The summed E-state index contributed by atoms with van der Waals surface area (Å²) >= 11 is 0. The monoisotopic (exact) mass is 337 g/mol. The zero-order chi connectivity index (χ0) is 17.2. The highest BCUT2D eigenvalue weighted by Gasteiger charge is 2.31. The van der Waals surface area contributed by atoms with Gasteiger partial charge in [-0.3, -0.25) is 9.69 Å². The van der Waals surface area contributed by atoms with E-state index in [4.69, 9.17) is 9.47 Å². The molecule has 24 heavy (non-hydrogen) atoms. The summed E-state index contributed by atoms with van der Waals surface area (Å²) in [5, 5.41) is 0. The van der Waals surface area contributed by atoms with Gasteiger partial charge in [-0.15, -0.1) is 0 Å². The van der Waals surface area contributed by atoms with Crippen LogP contribution in [-0.2, 0) is 14.3 Å². The molecule has 0 spiro atoms. The van der Waals surface area contributed by atoms with Crippen LogP contribution in [0.25, 0.3) is 0 Å². The van der Waals surface area contributed by atoms with E-state index in [-0.39, 0.29) is 18.2 Å². The van der Waals surface area contributed by atoms with Gasteiger partial charge in [-0.1, -0.05) is 51.9 Å². The molecule has 2 aliphatic heterocycles. The van der Waals surface area contributed by atoms with Crippen LogP contribution in [0.3, 0.4) is 0 Å². The summed E-state index contributed by atoms with van der Waals surface area (Å²) in [7, 11) is 1.65. The van der Waals surface area contributed by atoms with Crippen molar-refractivity contribution >= 4 is 5.78 Å². The Morgan fingerprint density at radius 2 is 1.83 bits per heavy atom. The van der Waals surface area contributed by atoms with Crippen molar-refractivity contribution < 1.29 is 14.3 Å². The van der Waals surface area contributed by atoms with Crippen LogP contribution < -0.4 is 0 Å². The molecular weight excluding hydrogens is 302 g/mol. The minimum absolute atomic E-state index is 0.183. The number of Topliss-reactive ketones (excluding diaryl/α,β-unsaturated/α-hetero) is 1. The summed E-state index contributed by atoms with van der Waals surface area (Å²) < 4.78 is 11.2. The molecule has 1 saturated heterocycles. The minimum Gasteiger partial charge on any atom is -0.352 e. The fourth-order valence-electron chi connectivity index (χ4n) is 3.64. The molecule has 1 fully saturated rings. The minimum atomic E-state index is -0.368. The highest BCUT2D eigenvalue weighted by molar-refractivity contribution is 5.99. The third kappa shape index (κ3) is 6.30. The smallest absolute Gasteiger partial charge is 0.188 e. The summed E-state index contributed by atoms with van der Waals surface area (Å²) in [6.45, 7) is 5.20. The zero-order valence-electron chi connectivity index (χ0n) is 15.6. The number of carbonyl (C=O) groups is 1. The van der Waals surface area contributed by atoms with Crippen molar-refractivity contribution in [3.05, 3.63) is 11.6 Å². The number of likely N-dealkylation sites (tertiary alicyclic amines) is 1. The number of unbranched alkanes of at least 4 members (excludes halogenated alkanes) is 5. The molecule has 0 aliphatic carbocycles. The third-order valence-electron chi connectivity index (χ3n) is 5.14. The number of nitrogens with zero attached hydrogens (tertiary/aromatic N) is 1. The predicted molar refractivity (Wildman–Crippen MR) is 97.0 cm³/mol. The molecule has 4 nitrogen and oxygen atoms in total. The van der Waals surface area contributed by atoms with Crippen LogP contribution >= 0.6 is 0 Å². The van der Waals surface area contributed by atoms with Gasteiger partial charge in [0.25, 0.3) is 0 Å². The largest absolute Gasteiger partial charge is 0.352 e. The Bertz CT molecular complexity index is 402. The first-order valence-corrected chi connectivity index (χ1v) is 9.90. The second-order valence-electron chi connectivity index (χ2n) is 7.18. The number of ether oxygens (including phenoxy) is 2. The fourth-order valence-corrected chi connectivity index (χ4v) is 3.64. The number of ketones is 1. The van der Waals surface area contributed by atoms with Gasteiger partial charge in [0.2, 0.25) is 0 Å². The standard InChI is InChI=1S/C20H35NO3/c1-3-4-5-6-7-9-12-18-20(22)17(15-19(23-2)24-18)16-21-13-10-8-11-14-21/h15,18-19H,3-14,16H2,1-2H3. The molecule has 0 amide bonds. The lowest BCUT2D eigenvalue weighted by atomic mass is 9.97. The van der Waals surface area contributed by atoms with Crippen LogP contribution in [0.4, 0.5) is 0 Å². The Hall–Kier alpha value is -0.710. The molecule has 0 radical (unpaired) electrons. The molecule has 2 aliphatic rings. The van der Waals surface area contributed by atoms with Crippen molar-refractivity contribution in [2.75, 3.05) is 26.7 Å². The van der Waals surface area contributed by atoms with E-state index in [9.17, 15) is 4.79 Å². The fraction of sp³-hybridized carbons (Fsp3) is 0.850. The van der Waals surface area contributed by atoms with Gasteiger partial charge in [-0.2, -0.15) is 0 Å². The third-order valence-corrected chi connectivity index (χ3v) is 5.14. The highest BCUT2D eigenvalue weighted by atomic mass is 16.7. The maximum Gasteiger partial charge on any atom is 0.188 e. The molecule has 0 N–H and O–H groups in total. The van der Waals surface area contributed by atoms with Crippen LogP contribution in [0, 0.1) is 0 Å². The lowest BCUT2D eigenvalue weighted by Crippen LogP contribution is -2.41. The number of hydrogen-bond donors (Lipinski definition) is 0. The topological polar surface area (TPSA) is 38.8 Å². The highest BCUT2D eigenvalue weighted by Crippen LogP contribution is 2.23. The lowest BCUT2D eigenvalue weighted by Gasteiger charge is -2.32. The van der Waals surface area contributed by atoms with Gasteiger partial charge in [0.15, 0.2) is 12.1 Å². The van der Waals surface area contributed by atoms with Crippen molar-refractivity contribution in [3.63, 3.8) is 0 Å². The number of hydrogen-bond acceptors (Lipinski definition) is 4. The van der Waals surface area contributed by atoms with Gasteiger partial charge < -0.3 is 9.47 Å². The number of methoxy groups -OCH3 is 1. The van der Waals surface area contributed by atoms with Crippen molar-refractivity contribution in [2.24, 2.45) is 0 Å². The van der Waals surface area contributed by atoms with Crippen LogP contribution in [0.5, 0.6) is 0 Å². The van der Waals surface area contributed by atoms with E-state index in [1.807, 2.05) is 6.08 Å². The second kappa shape index (κ2) is 11.0. The zero-order valence-corrected chi connectivity index (χ0v) is 15.6. The normalized spacial score (nSPS) is 25.8. The van der Waals surface area contributed by atoms with Crippen molar-refractivity contribution in [1.82, 2.24) is 4.90 Å². The van der Waals surface area contributed by atoms with E-state index in [0.717, 1.165) is 38.0 Å². The van der Waals surface area contributed by atoms with Crippen LogP contribution in [0.1, 0.15) is 71.1 Å². The second-order valence-corrected chi connectivity index (χ2v) is 7.18. The average molecular weight is 338 g/mol. The van der Waals surface area contributed by atoms with Gasteiger partial charge >= 0.3 is 0 Å². The van der Waals surface area contributed by atoms with Crippen molar-refractivity contribution in [3.8, 4) is 0 Å². The Morgan fingerprint density at radius 3 is 2.54 bits per heavy atom. The Balaban J connectivity index is 1.81. The van der Waals surface area contributed by atoms with E-state index >= 15 is 0 Å². The number of carbonyl (C=O) groups excluding carboxylic acids is 1. The van der Waals surface area contributed by atoms with E-state index < -0.39 is 0 Å². The van der Waals surface area contributed by atoms with Crippen LogP contribution in [0.15, 0.2) is 11.6 Å². The maximum absolute atomic E-state index is 12.8. The molecule has 0 aromatic rings. The van der Waals surface area contributed by atoms with E-state index in [2.05, 4.69) is 11.8 Å². The van der Waals surface area contributed by atoms with Crippen molar-refractivity contribution in [2.45, 2.75) is 83.5 Å². The first-order valence-electron chi connectivity index (χ1n) is 9.90. The molecule has 0 aromatic carbocycles. The van der Waals surface area contributed by atoms with Gasteiger partial charge in [-0.05, 0) is 38.4 Å². The SMILES string of the molecule is CCCCCCCCC1OC(OC)C=C(CN2CCCCC2)C1=O. The van der Waals surface area contributed by atoms with Gasteiger partial charge in [0, 0.05) is 19.2 Å². The van der Waals surface area contributed by atoms with Gasteiger partial charge in [0.05, 0.1) is 0 Å². The molecule has 2 rings (SSSR count). The van der Waals surface area contributed by atoms with Crippen LogP contribution in [-0.4, -0.2) is 49.8 Å². The van der Waals surface area contributed by atoms with Gasteiger partial charge in [-0.25, -0.2) is 0 Å². The molecule has 4 heteroatoms. The number of piperidine rings is 1. The summed E-state index contributed by atoms with van der Waals surface area (Å²) in [4.78, 5) is 15.1. The number of rotatable bonds is 10.